The Hall–Kier alpha value is -2.28. The summed E-state index contributed by atoms with van der Waals surface area (Å²) in [5.74, 6) is 0. The molecule has 0 atom stereocenters. The Morgan fingerprint density at radius 2 is 2.00 bits per heavy atom. The van der Waals surface area contributed by atoms with Crippen LogP contribution < -0.4 is 0 Å². The molecule has 74 valence electrons. The van der Waals surface area contributed by atoms with Gasteiger partial charge in [0, 0.05) is 6.42 Å². The van der Waals surface area contributed by atoms with Crippen molar-refractivity contribution in [3.63, 3.8) is 0 Å². The highest BCUT2D eigenvalue weighted by atomic mass is 16.1. The highest BCUT2D eigenvalue weighted by molar-refractivity contribution is 5.54. The summed E-state index contributed by atoms with van der Waals surface area (Å²) in [6.07, 6.45) is 3.23. The molecule has 0 spiro atoms. The van der Waals surface area contributed by atoms with Crippen molar-refractivity contribution in [2.75, 3.05) is 0 Å². The van der Waals surface area contributed by atoms with E-state index in [2.05, 4.69) is 16.6 Å². The number of carbonyl (C=O) groups excluding carboxylic acids is 2. The van der Waals surface area contributed by atoms with E-state index in [4.69, 9.17) is 0 Å². The zero-order chi connectivity index (χ0) is 11.1. The van der Waals surface area contributed by atoms with E-state index in [1.165, 1.54) is 12.2 Å². The molecule has 0 saturated heterocycles. The molecule has 0 aliphatic heterocycles. The average molecular weight is 200 g/mol. The van der Waals surface area contributed by atoms with Crippen molar-refractivity contribution >= 4 is 17.8 Å². The van der Waals surface area contributed by atoms with Crippen molar-refractivity contribution in [3.05, 3.63) is 42.1 Å². The summed E-state index contributed by atoms with van der Waals surface area (Å²) in [7, 11) is 0. The van der Waals surface area contributed by atoms with Crippen molar-refractivity contribution in [2.24, 2.45) is 9.98 Å². The van der Waals surface area contributed by atoms with Crippen LogP contribution in [0.4, 0.5) is 5.69 Å². The van der Waals surface area contributed by atoms with Gasteiger partial charge >= 0.3 is 0 Å². The first-order valence-corrected chi connectivity index (χ1v) is 4.19. The molecule has 1 aromatic rings. The number of rotatable bonds is 4. The number of aliphatic imine (C=N–C) groups is 2. The fourth-order valence-electron chi connectivity index (χ4n) is 1.14. The minimum Gasteiger partial charge on any atom is -0.211 e. The maximum Gasteiger partial charge on any atom is 0.240 e. The van der Waals surface area contributed by atoms with Gasteiger partial charge in [-0.05, 0) is 11.6 Å². The lowest BCUT2D eigenvalue weighted by molar-refractivity contribution is 0.564. The Morgan fingerprint density at radius 1 is 1.27 bits per heavy atom. The average Bonchev–Trinajstić information content (AvgIpc) is 2.21. The van der Waals surface area contributed by atoms with Crippen LogP contribution in [-0.4, -0.2) is 12.2 Å². The molecule has 15 heavy (non-hydrogen) atoms. The lowest BCUT2D eigenvalue weighted by atomic mass is 10.1. The molecule has 0 fully saturated rings. The van der Waals surface area contributed by atoms with Gasteiger partial charge in [0.25, 0.3) is 0 Å². The molecule has 0 aliphatic carbocycles. The van der Waals surface area contributed by atoms with E-state index >= 15 is 0 Å². The summed E-state index contributed by atoms with van der Waals surface area (Å²) < 4.78 is 0. The predicted octanol–water partition coefficient (Wildman–Crippen LogP) is 2.05. The first-order valence-electron chi connectivity index (χ1n) is 4.19. The Kier molecular flexibility index (Phi) is 3.92. The molecule has 0 bridgehead atoms. The smallest absolute Gasteiger partial charge is 0.211 e. The van der Waals surface area contributed by atoms with E-state index in [1.54, 1.807) is 24.3 Å². The number of hydrogen-bond acceptors (Lipinski definition) is 4. The molecule has 0 saturated carbocycles. The molecule has 0 radical (unpaired) electrons. The van der Waals surface area contributed by atoms with Gasteiger partial charge in [0.1, 0.15) is 0 Å². The number of isocyanates is 2. The normalized spacial score (nSPS) is 8.53. The molecular formula is C11H8N2O2. The van der Waals surface area contributed by atoms with E-state index in [0.717, 1.165) is 5.56 Å². The van der Waals surface area contributed by atoms with Crippen LogP contribution in [0.25, 0.3) is 0 Å². The number of hydrogen-bond donors (Lipinski definition) is 0. The third-order valence-electron chi connectivity index (χ3n) is 1.76. The highest BCUT2D eigenvalue weighted by Gasteiger charge is 2.01. The highest BCUT2D eigenvalue weighted by Crippen LogP contribution is 2.20. The monoisotopic (exact) mass is 200 g/mol. The maximum atomic E-state index is 10.1. The van der Waals surface area contributed by atoms with Crippen LogP contribution in [-0.2, 0) is 16.0 Å². The lowest BCUT2D eigenvalue weighted by Crippen LogP contribution is -1.87. The number of benzene rings is 1. The first kappa shape index (κ1) is 10.8. The van der Waals surface area contributed by atoms with Gasteiger partial charge in [-0.3, -0.25) is 0 Å². The van der Waals surface area contributed by atoms with Gasteiger partial charge in [0.15, 0.2) is 0 Å². The molecule has 0 N–H and O–H groups in total. The van der Waals surface area contributed by atoms with Gasteiger partial charge in [0.05, 0.1) is 11.4 Å². The summed E-state index contributed by atoms with van der Waals surface area (Å²) in [5, 5.41) is 0. The third kappa shape index (κ3) is 3.16. The van der Waals surface area contributed by atoms with Crippen molar-refractivity contribution < 1.29 is 9.59 Å². The lowest BCUT2D eigenvalue weighted by Gasteiger charge is -2.01. The third-order valence-corrected chi connectivity index (χ3v) is 1.76. The summed E-state index contributed by atoms with van der Waals surface area (Å²) in [6, 6.07) is 7.02. The summed E-state index contributed by atoms with van der Waals surface area (Å²) in [4.78, 5) is 27.0. The molecule has 0 heterocycles. The summed E-state index contributed by atoms with van der Waals surface area (Å²) in [6.45, 7) is 3.57. The molecule has 4 nitrogen and oxygen atoms in total. The Balaban J connectivity index is 2.98. The van der Waals surface area contributed by atoms with Crippen molar-refractivity contribution in [2.45, 2.75) is 6.42 Å². The molecule has 0 unspecified atom stereocenters. The van der Waals surface area contributed by atoms with Crippen LogP contribution in [0, 0.1) is 0 Å². The Labute approximate surface area is 86.7 Å². The van der Waals surface area contributed by atoms with E-state index < -0.39 is 0 Å². The van der Waals surface area contributed by atoms with Crippen LogP contribution in [0.15, 0.2) is 46.5 Å². The van der Waals surface area contributed by atoms with Crippen LogP contribution in [0.1, 0.15) is 5.56 Å². The molecular weight excluding hydrogens is 192 g/mol. The summed E-state index contributed by atoms with van der Waals surface area (Å²) in [5.41, 5.74) is 1.65. The van der Waals surface area contributed by atoms with E-state index in [0.29, 0.717) is 17.8 Å². The SMILES string of the molecule is C=C(Cc1ccccc1N=C=O)N=C=O. The second-order valence-corrected chi connectivity index (χ2v) is 2.78. The van der Waals surface area contributed by atoms with Crippen LogP contribution in [0.5, 0.6) is 0 Å². The van der Waals surface area contributed by atoms with Crippen LogP contribution in [0.3, 0.4) is 0 Å². The van der Waals surface area contributed by atoms with E-state index in [9.17, 15) is 9.59 Å². The van der Waals surface area contributed by atoms with Gasteiger partial charge in [-0.25, -0.2) is 9.59 Å². The Morgan fingerprint density at radius 3 is 2.67 bits per heavy atom. The Bertz CT molecular complexity index is 467. The number of nitrogens with zero attached hydrogens (tertiary/aromatic N) is 2. The molecule has 1 rings (SSSR count). The van der Waals surface area contributed by atoms with Crippen molar-refractivity contribution in [3.8, 4) is 0 Å². The number of allylic oxidation sites excluding steroid dienone is 1. The molecule has 1 aromatic carbocycles. The fourth-order valence-corrected chi connectivity index (χ4v) is 1.14. The second-order valence-electron chi connectivity index (χ2n) is 2.78. The van der Waals surface area contributed by atoms with Gasteiger partial charge in [0.2, 0.25) is 12.2 Å². The largest absolute Gasteiger partial charge is 0.240 e. The second kappa shape index (κ2) is 5.45. The fraction of sp³-hybridized carbons (Fsp3) is 0.0909. The minimum absolute atomic E-state index is 0.358. The topological polar surface area (TPSA) is 58.9 Å². The van der Waals surface area contributed by atoms with Crippen LogP contribution >= 0.6 is 0 Å². The van der Waals surface area contributed by atoms with Gasteiger partial charge in [-0.15, -0.1) is 0 Å². The van der Waals surface area contributed by atoms with Gasteiger partial charge < -0.3 is 0 Å². The quantitative estimate of drug-likeness (QED) is 0.551. The standard InChI is InChI=1S/C11H8N2O2/c1-9(12-7-14)6-10-4-2-3-5-11(10)13-8-15/h2-5H,1,6H2. The molecule has 0 aliphatic rings. The zero-order valence-electron chi connectivity index (χ0n) is 7.93. The molecule has 0 amide bonds. The molecule has 0 aromatic heterocycles. The first-order chi connectivity index (χ1) is 7.27. The maximum absolute atomic E-state index is 10.1. The van der Waals surface area contributed by atoms with Crippen molar-refractivity contribution in [1.29, 1.82) is 0 Å². The minimum atomic E-state index is 0.358. The zero-order valence-corrected chi connectivity index (χ0v) is 7.93. The number of para-hydroxylation sites is 1. The van der Waals surface area contributed by atoms with Crippen LogP contribution in [0.2, 0.25) is 0 Å². The van der Waals surface area contributed by atoms with E-state index in [1.807, 2.05) is 0 Å². The predicted molar refractivity (Wildman–Crippen MR) is 55.2 cm³/mol. The van der Waals surface area contributed by atoms with Crippen molar-refractivity contribution in [1.82, 2.24) is 0 Å². The summed E-state index contributed by atoms with van der Waals surface area (Å²) >= 11 is 0. The van der Waals surface area contributed by atoms with Gasteiger partial charge in [-0.2, -0.15) is 9.98 Å². The van der Waals surface area contributed by atoms with E-state index in [-0.39, 0.29) is 0 Å². The molecule has 4 heteroatoms. The van der Waals surface area contributed by atoms with Gasteiger partial charge in [-0.1, -0.05) is 24.8 Å².